The lowest BCUT2D eigenvalue weighted by Crippen LogP contribution is -2.26. The van der Waals surface area contributed by atoms with Gasteiger partial charge in [0.05, 0.1) is 11.3 Å². The van der Waals surface area contributed by atoms with Crippen molar-refractivity contribution in [2.45, 2.75) is 19.4 Å². The van der Waals surface area contributed by atoms with Crippen molar-refractivity contribution in [2.75, 3.05) is 10.6 Å². The number of hydrogen-bond acceptors (Lipinski definition) is 3. The maximum atomic E-state index is 14.3. The molecule has 0 bridgehead atoms. The standard InChI is InChI=1S/C16H16FN3O/c1-9-6-10-4-2-3-5-14(10)20(9)15-7-11(16(19)21)13(18)8-12(15)17/h2-5,7-9H,6,18H2,1H3,(H2,19,21). The lowest BCUT2D eigenvalue weighted by Gasteiger charge is -2.26. The molecule has 1 aliphatic rings. The lowest BCUT2D eigenvalue weighted by atomic mass is 10.1. The van der Waals surface area contributed by atoms with E-state index in [0.717, 1.165) is 23.7 Å². The molecule has 2 aromatic carbocycles. The summed E-state index contributed by atoms with van der Waals surface area (Å²) < 4.78 is 14.3. The van der Waals surface area contributed by atoms with Gasteiger partial charge in [0, 0.05) is 17.4 Å². The first-order valence-corrected chi connectivity index (χ1v) is 6.75. The van der Waals surface area contributed by atoms with Gasteiger partial charge < -0.3 is 16.4 Å². The zero-order chi connectivity index (χ0) is 15.1. The summed E-state index contributed by atoms with van der Waals surface area (Å²) in [6.45, 7) is 2.01. The summed E-state index contributed by atoms with van der Waals surface area (Å²) in [5.74, 6) is -1.12. The monoisotopic (exact) mass is 285 g/mol. The number of carbonyl (C=O) groups excluding carboxylic acids is 1. The average molecular weight is 285 g/mol. The molecule has 0 spiro atoms. The van der Waals surface area contributed by atoms with Crippen LogP contribution in [0.3, 0.4) is 0 Å². The Hall–Kier alpha value is -2.56. The van der Waals surface area contributed by atoms with Gasteiger partial charge in [0.25, 0.3) is 5.91 Å². The van der Waals surface area contributed by atoms with Gasteiger partial charge >= 0.3 is 0 Å². The van der Waals surface area contributed by atoms with Crippen molar-refractivity contribution in [1.29, 1.82) is 0 Å². The fourth-order valence-corrected chi connectivity index (χ4v) is 2.91. The van der Waals surface area contributed by atoms with E-state index in [9.17, 15) is 9.18 Å². The molecule has 4 nitrogen and oxygen atoms in total. The van der Waals surface area contributed by atoms with Gasteiger partial charge in [-0.3, -0.25) is 4.79 Å². The van der Waals surface area contributed by atoms with Crippen LogP contribution in [0.15, 0.2) is 36.4 Å². The van der Waals surface area contributed by atoms with Crippen molar-refractivity contribution in [3.8, 4) is 0 Å². The van der Waals surface area contributed by atoms with Crippen molar-refractivity contribution in [1.82, 2.24) is 0 Å². The molecule has 1 aliphatic heterocycles. The topological polar surface area (TPSA) is 72.3 Å². The molecule has 0 saturated carbocycles. The number of nitrogen functional groups attached to an aromatic ring is 1. The minimum absolute atomic E-state index is 0.0592. The number of nitrogens with zero attached hydrogens (tertiary/aromatic N) is 1. The highest BCUT2D eigenvalue weighted by atomic mass is 19.1. The molecule has 1 heterocycles. The molecule has 4 N–H and O–H groups in total. The minimum Gasteiger partial charge on any atom is -0.398 e. The first kappa shape index (κ1) is 13.4. The van der Waals surface area contributed by atoms with E-state index in [1.807, 2.05) is 36.1 Å². The number of hydrogen-bond donors (Lipinski definition) is 2. The third kappa shape index (κ3) is 2.11. The Balaban J connectivity index is 2.17. The third-order valence-corrected chi connectivity index (χ3v) is 3.85. The van der Waals surface area contributed by atoms with E-state index >= 15 is 0 Å². The Bertz CT molecular complexity index is 729. The first-order chi connectivity index (χ1) is 9.99. The van der Waals surface area contributed by atoms with Crippen molar-refractivity contribution >= 4 is 23.0 Å². The van der Waals surface area contributed by atoms with Crippen LogP contribution in [-0.2, 0) is 6.42 Å². The highest BCUT2D eigenvalue weighted by Crippen LogP contribution is 2.40. The lowest BCUT2D eigenvalue weighted by molar-refractivity contribution is 0.100. The quantitative estimate of drug-likeness (QED) is 0.833. The Morgan fingerprint density at radius 1 is 1.29 bits per heavy atom. The van der Waals surface area contributed by atoms with Crippen LogP contribution in [0.25, 0.3) is 0 Å². The van der Waals surface area contributed by atoms with Gasteiger partial charge in [-0.25, -0.2) is 4.39 Å². The summed E-state index contributed by atoms with van der Waals surface area (Å²) in [6.07, 6.45) is 0.825. The number of primary amides is 1. The van der Waals surface area contributed by atoms with Crippen LogP contribution in [0.4, 0.5) is 21.5 Å². The van der Waals surface area contributed by atoms with Gasteiger partial charge in [0.15, 0.2) is 0 Å². The normalized spacial score (nSPS) is 16.9. The summed E-state index contributed by atoms with van der Waals surface area (Å²) in [5, 5.41) is 0. The Labute approximate surface area is 122 Å². The molecule has 0 saturated heterocycles. The number of rotatable bonds is 2. The summed E-state index contributed by atoms with van der Waals surface area (Å²) in [6, 6.07) is 10.5. The average Bonchev–Trinajstić information content (AvgIpc) is 2.75. The van der Waals surface area contributed by atoms with E-state index < -0.39 is 11.7 Å². The number of amides is 1. The Kier molecular flexibility index (Phi) is 3.05. The summed E-state index contributed by atoms with van der Waals surface area (Å²) >= 11 is 0. The second kappa shape index (κ2) is 4.77. The second-order valence-electron chi connectivity index (χ2n) is 5.31. The minimum atomic E-state index is -0.658. The molecule has 1 amide bonds. The molecule has 108 valence electrons. The SMILES string of the molecule is CC1Cc2ccccc2N1c1cc(C(N)=O)c(N)cc1F. The molecule has 1 atom stereocenters. The first-order valence-electron chi connectivity index (χ1n) is 6.75. The third-order valence-electron chi connectivity index (χ3n) is 3.85. The molecular weight excluding hydrogens is 269 g/mol. The number of nitrogens with two attached hydrogens (primary N) is 2. The van der Waals surface area contributed by atoms with Gasteiger partial charge in [0.1, 0.15) is 5.82 Å². The maximum absolute atomic E-state index is 14.3. The van der Waals surface area contributed by atoms with Gasteiger partial charge in [-0.1, -0.05) is 18.2 Å². The summed E-state index contributed by atoms with van der Waals surface area (Å²) in [4.78, 5) is 13.3. The number of para-hydroxylation sites is 1. The molecule has 5 heteroatoms. The van der Waals surface area contributed by atoms with Crippen molar-refractivity contribution in [3.63, 3.8) is 0 Å². The maximum Gasteiger partial charge on any atom is 0.250 e. The number of carbonyl (C=O) groups is 1. The summed E-state index contributed by atoms with van der Waals surface area (Å²) in [5.41, 5.74) is 13.6. The van der Waals surface area contributed by atoms with Gasteiger partial charge in [-0.15, -0.1) is 0 Å². The van der Waals surface area contributed by atoms with Crippen LogP contribution in [0.1, 0.15) is 22.8 Å². The molecule has 21 heavy (non-hydrogen) atoms. The van der Waals surface area contributed by atoms with E-state index in [4.69, 9.17) is 11.5 Å². The van der Waals surface area contributed by atoms with Gasteiger partial charge in [-0.2, -0.15) is 0 Å². The molecule has 2 aromatic rings. The Morgan fingerprint density at radius 3 is 2.71 bits per heavy atom. The van der Waals surface area contributed by atoms with Crippen LogP contribution >= 0.6 is 0 Å². The molecule has 3 rings (SSSR count). The molecule has 1 unspecified atom stereocenters. The smallest absolute Gasteiger partial charge is 0.250 e. The van der Waals surface area contributed by atoms with Crippen LogP contribution in [-0.4, -0.2) is 11.9 Å². The van der Waals surface area contributed by atoms with Crippen LogP contribution < -0.4 is 16.4 Å². The van der Waals surface area contributed by atoms with Crippen molar-refractivity contribution in [3.05, 3.63) is 53.3 Å². The fraction of sp³-hybridized carbons (Fsp3) is 0.188. The van der Waals surface area contributed by atoms with Crippen LogP contribution in [0.5, 0.6) is 0 Å². The van der Waals surface area contributed by atoms with E-state index in [2.05, 4.69) is 0 Å². The van der Waals surface area contributed by atoms with Crippen LogP contribution in [0.2, 0.25) is 0 Å². The molecule has 0 aromatic heterocycles. The number of benzene rings is 2. The highest BCUT2D eigenvalue weighted by molar-refractivity contribution is 5.99. The van der Waals surface area contributed by atoms with Gasteiger partial charge in [-0.05, 0) is 37.1 Å². The Morgan fingerprint density at radius 2 is 2.00 bits per heavy atom. The van der Waals surface area contributed by atoms with Gasteiger partial charge in [0.2, 0.25) is 0 Å². The largest absolute Gasteiger partial charge is 0.398 e. The predicted molar refractivity (Wildman–Crippen MR) is 81.1 cm³/mol. The predicted octanol–water partition coefficient (Wildman–Crippen LogP) is 2.59. The number of halogens is 1. The fourth-order valence-electron chi connectivity index (χ4n) is 2.91. The number of anilines is 3. The van der Waals surface area contributed by atoms with Crippen LogP contribution in [0, 0.1) is 5.82 Å². The molecule has 0 aliphatic carbocycles. The second-order valence-corrected chi connectivity index (χ2v) is 5.31. The molecule has 0 radical (unpaired) electrons. The molecular formula is C16H16FN3O. The molecule has 0 fully saturated rings. The van der Waals surface area contributed by atoms with E-state index in [1.165, 1.54) is 6.07 Å². The van der Waals surface area contributed by atoms with E-state index in [-0.39, 0.29) is 17.3 Å². The van der Waals surface area contributed by atoms with E-state index in [0.29, 0.717) is 5.69 Å². The zero-order valence-electron chi connectivity index (χ0n) is 11.6. The van der Waals surface area contributed by atoms with Crippen molar-refractivity contribution < 1.29 is 9.18 Å². The zero-order valence-corrected chi connectivity index (χ0v) is 11.6. The number of fused-ring (bicyclic) bond motifs is 1. The highest BCUT2D eigenvalue weighted by Gasteiger charge is 2.29. The van der Waals surface area contributed by atoms with Crippen molar-refractivity contribution in [2.24, 2.45) is 5.73 Å². The van der Waals surface area contributed by atoms with E-state index in [1.54, 1.807) is 0 Å². The summed E-state index contributed by atoms with van der Waals surface area (Å²) in [7, 11) is 0.